The highest BCUT2D eigenvalue weighted by Crippen LogP contribution is 2.18. The molecule has 2 aromatic carbocycles. The second kappa shape index (κ2) is 5.22. The van der Waals surface area contributed by atoms with Crippen LogP contribution in [-0.2, 0) is 0 Å². The first-order valence-electron chi connectivity index (χ1n) is 5.87. The van der Waals surface area contributed by atoms with E-state index in [0.29, 0.717) is 22.0 Å². The third kappa shape index (κ3) is 2.73. The van der Waals surface area contributed by atoms with Crippen LogP contribution in [0.4, 0.5) is 16.2 Å². The fourth-order valence-corrected chi connectivity index (χ4v) is 1.89. The molecule has 1 heterocycles. The Morgan fingerprint density at radius 1 is 1.05 bits per heavy atom. The molecule has 3 aromatic rings. The summed E-state index contributed by atoms with van der Waals surface area (Å²) in [5.41, 5.74) is 2.65. The zero-order chi connectivity index (χ0) is 13.9. The summed E-state index contributed by atoms with van der Waals surface area (Å²) >= 11 is 5.78. The number of anilines is 2. The lowest BCUT2D eigenvalue weighted by atomic mass is 10.3. The highest BCUT2D eigenvalue weighted by atomic mass is 35.5. The molecule has 0 atom stereocenters. The Morgan fingerprint density at radius 3 is 2.55 bits per heavy atom. The molecule has 0 saturated carbocycles. The van der Waals surface area contributed by atoms with Gasteiger partial charge in [-0.3, -0.25) is 0 Å². The molecule has 3 rings (SSSR count). The molecule has 1 aromatic heterocycles. The van der Waals surface area contributed by atoms with Crippen molar-refractivity contribution in [3.8, 4) is 0 Å². The molecule has 5 nitrogen and oxygen atoms in total. The van der Waals surface area contributed by atoms with Crippen LogP contribution in [0.1, 0.15) is 0 Å². The summed E-state index contributed by atoms with van der Waals surface area (Å²) in [7, 11) is 0. The van der Waals surface area contributed by atoms with E-state index in [1.54, 1.807) is 42.5 Å². The van der Waals surface area contributed by atoms with Crippen molar-refractivity contribution >= 4 is 40.1 Å². The maximum absolute atomic E-state index is 11.8. The van der Waals surface area contributed by atoms with Gasteiger partial charge in [0.1, 0.15) is 5.52 Å². The molecular formula is C14H10ClN3O2. The van der Waals surface area contributed by atoms with Crippen molar-refractivity contribution in [2.45, 2.75) is 0 Å². The number of oxazole rings is 1. The third-order valence-electron chi connectivity index (χ3n) is 2.69. The van der Waals surface area contributed by atoms with E-state index in [9.17, 15) is 4.79 Å². The molecule has 6 heteroatoms. The molecule has 2 N–H and O–H groups in total. The van der Waals surface area contributed by atoms with E-state index < -0.39 is 0 Å². The summed E-state index contributed by atoms with van der Waals surface area (Å²) in [6.07, 6.45) is 1.36. The minimum absolute atomic E-state index is 0.341. The lowest BCUT2D eigenvalue weighted by Crippen LogP contribution is -2.19. The predicted molar refractivity (Wildman–Crippen MR) is 78.1 cm³/mol. The fourth-order valence-electron chi connectivity index (χ4n) is 1.76. The molecule has 0 aliphatic rings. The molecular weight excluding hydrogens is 278 g/mol. The molecule has 0 unspecified atom stereocenters. The highest BCUT2D eigenvalue weighted by Gasteiger charge is 2.05. The second-order valence-corrected chi connectivity index (χ2v) is 4.56. The Bertz CT molecular complexity index is 752. The van der Waals surface area contributed by atoms with Crippen molar-refractivity contribution in [3.63, 3.8) is 0 Å². The van der Waals surface area contributed by atoms with Gasteiger partial charge in [0.15, 0.2) is 12.0 Å². The summed E-state index contributed by atoms with van der Waals surface area (Å²) in [5, 5.41) is 6.04. The third-order valence-corrected chi connectivity index (χ3v) is 2.94. The number of carbonyl (C=O) groups is 1. The molecule has 2 amide bonds. The fraction of sp³-hybridized carbons (Fsp3) is 0. The van der Waals surface area contributed by atoms with Gasteiger partial charge in [-0.05, 0) is 36.4 Å². The van der Waals surface area contributed by atoms with Crippen LogP contribution in [0.25, 0.3) is 11.1 Å². The number of fused-ring (bicyclic) bond motifs is 1. The normalized spacial score (nSPS) is 10.4. The minimum atomic E-state index is -0.341. The molecule has 0 aliphatic heterocycles. The number of benzene rings is 2. The van der Waals surface area contributed by atoms with Gasteiger partial charge in [0.05, 0.1) is 0 Å². The van der Waals surface area contributed by atoms with Gasteiger partial charge in [-0.15, -0.1) is 0 Å². The van der Waals surface area contributed by atoms with E-state index >= 15 is 0 Å². The van der Waals surface area contributed by atoms with Crippen LogP contribution in [0.15, 0.2) is 53.3 Å². The molecule has 0 saturated heterocycles. The number of urea groups is 1. The molecule has 0 fully saturated rings. The number of hydrogen-bond donors (Lipinski definition) is 2. The molecule has 0 aliphatic carbocycles. The SMILES string of the molecule is O=C(Nc1ccc(Cl)cc1)Nc1ccc2ncoc2c1. The van der Waals surface area contributed by atoms with E-state index in [-0.39, 0.29) is 6.03 Å². The van der Waals surface area contributed by atoms with Crippen molar-refractivity contribution in [1.29, 1.82) is 0 Å². The van der Waals surface area contributed by atoms with Gasteiger partial charge in [-0.25, -0.2) is 9.78 Å². The number of amides is 2. The Hall–Kier alpha value is -2.53. The molecule has 20 heavy (non-hydrogen) atoms. The van der Waals surface area contributed by atoms with E-state index in [4.69, 9.17) is 16.0 Å². The van der Waals surface area contributed by atoms with Gasteiger partial charge in [0.2, 0.25) is 0 Å². The summed E-state index contributed by atoms with van der Waals surface area (Å²) in [6, 6.07) is 11.8. The largest absolute Gasteiger partial charge is 0.443 e. The van der Waals surface area contributed by atoms with Gasteiger partial charge in [0.25, 0.3) is 0 Å². The Balaban J connectivity index is 1.70. The number of nitrogens with zero attached hydrogens (tertiary/aromatic N) is 1. The van der Waals surface area contributed by atoms with Gasteiger partial charge in [-0.2, -0.15) is 0 Å². The Morgan fingerprint density at radius 2 is 1.75 bits per heavy atom. The van der Waals surface area contributed by atoms with Gasteiger partial charge in [-0.1, -0.05) is 11.6 Å². The molecule has 0 bridgehead atoms. The van der Waals surface area contributed by atoms with Crippen LogP contribution in [0.2, 0.25) is 5.02 Å². The van der Waals surface area contributed by atoms with E-state index in [1.807, 2.05) is 0 Å². The standard InChI is InChI=1S/C14H10ClN3O2/c15-9-1-3-10(4-2-9)17-14(19)18-11-5-6-12-13(7-11)20-8-16-12/h1-8H,(H2,17,18,19). The van der Waals surface area contributed by atoms with Crippen LogP contribution in [0, 0.1) is 0 Å². The van der Waals surface area contributed by atoms with Crippen molar-refractivity contribution in [3.05, 3.63) is 53.9 Å². The first-order chi connectivity index (χ1) is 9.70. The average Bonchev–Trinajstić information content (AvgIpc) is 2.89. The number of aromatic nitrogens is 1. The van der Waals surface area contributed by atoms with Crippen LogP contribution >= 0.6 is 11.6 Å². The number of halogens is 1. The maximum Gasteiger partial charge on any atom is 0.323 e. The maximum atomic E-state index is 11.8. The van der Waals surface area contributed by atoms with Crippen LogP contribution in [0.5, 0.6) is 0 Å². The predicted octanol–water partition coefficient (Wildman–Crippen LogP) is 4.13. The first-order valence-corrected chi connectivity index (χ1v) is 6.25. The topological polar surface area (TPSA) is 67.2 Å². The first kappa shape index (κ1) is 12.5. The number of nitrogens with one attached hydrogen (secondary N) is 2. The quantitative estimate of drug-likeness (QED) is 0.745. The van der Waals surface area contributed by atoms with Gasteiger partial charge < -0.3 is 15.1 Å². The van der Waals surface area contributed by atoms with Crippen molar-refractivity contribution < 1.29 is 9.21 Å². The summed E-state index contributed by atoms with van der Waals surface area (Å²) < 4.78 is 5.17. The summed E-state index contributed by atoms with van der Waals surface area (Å²) in [5.74, 6) is 0. The molecule has 0 radical (unpaired) electrons. The second-order valence-electron chi connectivity index (χ2n) is 4.12. The van der Waals surface area contributed by atoms with Crippen molar-refractivity contribution in [2.24, 2.45) is 0 Å². The highest BCUT2D eigenvalue weighted by molar-refractivity contribution is 6.30. The number of hydrogen-bond acceptors (Lipinski definition) is 3. The number of carbonyl (C=O) groups excluding carboxylic acids is 1. The molecule has 100 valence electrons. The lowest BCUT2D eigenvalue weighted by Gasteiger charge is -2.07. The van der Waals surface area contributed by atoms with Crippen molar-refractivity contribution in [2.75, 3.05) is 10.6 Å². The Labute approximate surface area is 119 Å². The van der Waals surface area contributed by atoms with E-state index in [2.05, 4.69) is 15.6 Å². The zero-order valence-corrected chi connectivity index (χ0v) is 11.0. The monoisotopic (exact) mass is 287 g/mol. The van der Waals surface area contributed by atoms with Gasteiger partial charge in [0, 0.05) is 22.5 Å². The van der Waals surface area contributed by atoms with Crippen LogP contribution < -0.4 is 10.6 Å². The Kier molecular flexibility index (Phi) is 3.26. The smallest absolute Gasteiger partial charge is 0.323 e. The zero-order valence-electron chi connectivity index (χ0n) is 10.3. The summed E-state index contributed by atoms with van der Waals surface area (Å²) in [6.45, 7) is 0. The average molecular weight is 288 g/mol. The lowest BCUT2D eigenvalue weighted by molar-refractivity contribution is 0.262. The van der Waals surface area contributed by atoms with Crippen molar-refractivity contribution in [1.82, 2.24) is 4.98 Å². The molecule has 0 spiro atoms. The summed E-state index contributed by atoms with van der Waals surface area (Å²) in [4.78, 5) is 15.8. The number of rotatable bonds is 2. The van der Waals surface area contributed by atoms with Gasteiger partial charge >= 0.3 is 6.03 Å². The van der Waals surface area contributed by atoms with Crippen LogP contribution in [-0.4, -0.2) is 11.0 Å². The van der Waals surface area contributed by atoms with E-state index in [0.717, 1.165) is 5.52 Å². The minimum Gasteiger partial charge on any atom is -0.443 e. The van der Waals surface area contributed by atoms with Crippen LogP contribution in [0.3, 0.4) is 0 Å². The van der Waals surface area contributed by atoms with E-state index in [1.165, 1.54) is 6.39 Å².